The molecule has 0 unspecified atom stereocenters. The Hall–Kier alpha value is -0.180. The van der Waals surface area contributed by atoms with Gasteiger partial charge in [-0.2, -0.15) is 0 Å². The van der Waals surface area contributed by atoms with Crippen LogP contribution < -0.4 is 0 Å². The van der Waals surface area contributed by atoms with Gasteiger partial charge in [0, 0.05) is 12.8 Å². The zero-order valence-corrected chi connectivity index (χ0v) is 9.02. The molecule has 0 amide bonds. The molecule has 1 saturated carbocycles. The highest BCUT2D eigenvalue weighted by molar-refractivity contribution is 4.89. The average molecular weight is 206 g/mol. The highest BCUT2D eigenvalue weighted by Crippen LogP contribution is 2.42. The second-order valence-corrected chi connectivity index (χ2v) is 4.44. The van der Waals surface area contributed by atoms with Gasteiger partial charge in [0.05, 0.1) is 5.60 Å². The van der Waals surface area contributed by atoms with Crippen LogP contribution in [-0.2, 0) is 0 Å². The van der Waals surface area contributed by atoms with Gasteiger partial charge in [0.15, 0.2) is 0 Å². The fraction of sp³-hybridized carbons (Fsp3) is 1.00. The van der Waals surface area contributed by atoms with E-state index in [0.29, 0.717) is 25.7 Å². The number of hydrogen-bond acceptors (Lipinski definition) is 1. The van der Waals surface area contributed by atoms with Crippen LogP contribution in [0.2, 0.25) is 0 Å². The highest BCUT2D eigenvalue weighted by atomic mass is 19.3. The van der Waals surface area contributed by atoms with Crippen molar-refractivity contribution < 1.29 is 13.9 Å². The molecule has 14 heavy (non-hydrogen) atoms. The molecule has 1 N–H and O–H groups in total. The third-order valence-corrected chi connectivity index (χ3v) is 3.70. The van der Waals surface area contributed by atoms with Crippen LogP contribution in [-0.4, -0.2) is 16.6 Å². The van der Waals surface area contributed by atoms with E-state index in [4.69, 9.17) is 0 Å². The lowest BCUT2D eigenvalue weighted by atomic mass is 9.73. The molecule has 1 rings (SSSR count). The van der Waals surface area contributed by atoms with Gasteiger partial charge in [-0.15, -0.1) is 0 Å². The molecular weight excluding hydrogens is 186 g/mol. The number of halogens is 2. The molecule has 0 spiro atoms. The predicted octanol–water partition coefficient (Wildman–Crippen LogP) is 3.36. The Balaban J connectivity index is 2.56. The topological polar surface area (TPSA) is 20.2 Å². The van der Waals surface area contributed by atoms with Crippen molar-refractivity contribution in [1.29, 1.82) is 0 Å². The first-order valence-electron chi connectivity index (χ1n) is 5.54. The monoisotopic (exact) mass is 206 g/mol. The Morgan fingerprint density at radius 3 is 2.00 bits per heavy atom. The van der Waals surface area contributed by atoms with Gasteiger partial charge in [-0.3, -0.25) is 0 Å². The van der Waals surface area contributed by atoms with Gasteiger partial charge in [-0.25, -0.2) is 8.78 Å². The first kappa shape index (κ1) is 11.9. The first-order chi connectivity index (χ1) is 6.43. The first-order valence-corrected chi connectivity index (χ1v) is 5.54. The molecule has 0 radical (unpaired) electrons. The van der Waals surface area contributed by atoms with Gasteiger partial charge in [0.1, 0.15) is 0 Å². The zero-order valence-electron chi connectivity index (χ0n) is 9.02. The largest absolute Gasteiger partial charge is 0.390 e. The van der Waals surface area contributed by atoms with Gasteiger partial charge in [-0.1, -0.05) is 13.8 Å². The normalized spacial score (nSPS) is 23.8. The molecule has 0 aromatic carbocycles. The zero-order chi connectivity index (χ0) is 10.8. The Morgan fingerprint density at radius 2 is 1.64 bits per heavy atom. The summed E-state index contributed by atoms with van der Waals surface area (Å²) in [5, 5.41) is 10.2. The minimum Gasteiger partial charge on any atom is -0.390 e. The van der Waals surface area contributed by atoms with Crippen LogP contribution in [0.3, 0.4) is 0 Å². The Labute approximate surface area is 84.5 Å². The minimum absolute atomic E-state index is 0.0556. The van der Waals surface area contributed by atoms with Crippen molar-refractivity contribution >= 4 is 0 Å². The predicted molar refractivity (Wildman–Crippen MR) is 52.4 cm³/mol. The summed E-state index contributed by atoms with van der Waals surface area (Å²) >= 11 is 0. The molecule has 0 bridgehead atoms. The lowest BCUT2D eigenvalue weighted by Crippen LogP contribution is -2.40. The average Bonchev–Trinajstić information content (AvgIpc) is 2.16. The quantitative estimate of drug-likeness (QED) is 0.750. The Morgan fingerprint density at radius 1 is 1.21 bits per heavy atom. The maximum atomic E-state index is 12.9. The van der Waals surface area contributed by atoms with E-state index in [9.17, 15) is 13.9 Å². The van der Waals surface area contributed by atoms with Crippen LogP contribution in [0.5, 0.6) is 0 Å². The summed E-state index contributed by atoms with van der Waals surface area (Å²) in [5.41, 5.74) is -0.712. The third-order valence-electron chi connectivity index (χ3n) is 3.70. The summed E-state index contributed by atoms with van der Waals surface area (Å²) in [6.45, 7) is 3.85. The van der Waals surface area contributed by atoms with Gasteiger partial charge in [-0.05, 0) is 31.6 Å². The second-order valence-electron chi connectivity index (χ2n) is 4.44. The summed E-state index contributed by atoms with van der Waals surface area (Å²) in [5.74, 6) is -2.42. The Kier molecular flexibility index (Phi) is 3.51. The fourth-order valence-corrected chi connectivity index (χ4v) is 2.40. The van der Waals surface area contributed by atoms with Crippen LogP contribution in [0.15, 0.2) is 0 Å². The van der Waals surface area contributed by atoms with E-state index in [-0.39, 0.29) is 18.8 Å². The molecule has 0 aromatic rings. The molecule has 0 heterocycles. The summed E-state index contributed by atoms with van der Waals surface area (Å²) in [6.07, 6.45) is 2.15. The lowest BCUT2D eigenvalue weighted by molar-refractivity contribution is -0.0969. The van der Waals surface area contributed by atoms with Crippen LogP contribution in [0.25, 0.3) is 0 Å². The number of rotatable bonds is 3. The second kappa shape index (κ2) is 4.13. The maximum Gasteiger partial charge on any atom is 0.248 e. The van der Waals surface area contributed by atoms with E-state index in [2.05, 4.69) is 0 Å². The van der Waals surface area contributed by atoms with Crippen molar-refractivity contribution in [3.8, 4) is 0 Å². The fourth-order valence-electron chi connectivity index (χ4n) is 2.40. The van der Waals surface area contributed by atoms with Crippen molar-refractivity contribution in [2.24, 2.45) is 5.92 Å². The summed E-state index contributed by atoms with van der Waals surface area (Å²) in [7, 11) is 0. The molecule has 1 fully saturated rings. The molecule has 1 aliphatic rings. The number of aliphatic hydroxyl groups is 1. The van der Waals surface area contributed by atoms with E-state index in [0.717, 1.165) is 0 Å². The van der Waals surface area contributed by atoms with Crippen LogP contribution in [0.4, 0.5) is 8.78 Å². The van der Waals surface area contributed by atoms with E-state index in [1.165, 1.54) is 0 Å². The number of alkyl halides is 2. The summed E-state index contributed by atoms with van der Waals surface area (Å²) < 4.78 is 25.8. The van der Waals surface area contributed by atoms with Crippen molar-refractivity contribution in [2.45, 2.75) is 63.9 Å². The van der Waals surface area contributed by atoms with Gasteiger partial charge < -0.3 is 5.11 Å². The lowest BCUT2D eigenvalue weighted by Gasteiger charge is -2.39. The molecule has 0 aromatic heterocycles. The van der Waals surface area contributed by atoms with Crippen molar-refractivity contribution in [1.82, 2.24) is 0 Å². The van der Waals surface area contributed by atoms with Gasteiger partial charge in [0.25, 0.3) is 0 Å². The smallest absolute Gasteiger partial charge is 0.248 e. The van der Waals surface area contributed by atoms with E-state index >= 15 is 0 Å². The van der Waals surface area contributed by atoms with Crippen molar-refractivity contribution in [2.75, 3.05) is 0 Å². The molecule has 0 aliphatic heterocycles. The van der Waals surface area contributed by atoms with Gasteiger partial charge in [0.2, 0.25) is 5.92 Å². The van der Waals surface area contributed by atoms with Crippen molar-refractivity contribution in [3.63, 3.8) is 0 Å². The minimum atomic E-state index is -2.49. The van der Waals surface area contributed by atoms with Crippen LogP contribution in [0, 0.1) is 5.92 Å². The molecule has 1 aliphatic carbocycles. The van der Waals surface area contributed by atoms with E-state index < -0.39 is 11.5 Å². The molecular formula is C11H20F2O. The van der Waals surface area contributed by atoms with Crippen LogP contribution >= 0.6 is 0 Å². The third kappa shape index (κ3) is 2.44. The van der Waals surface area contributed by atoms with E-state index in [1.807, 2.05) is 13.8 Å². The highest BCUT2D eigenvalue weighted by Gasteiger charge is 2.42. The number of hydrogen-bond donors (Lipinski definition) is 1. The van der Waals surface area contributed by atoms with Crippen LogP contribution in [0.1, 0.15) is 52.4 Å². The molecule has 3 heteroatoms. The van der Waals surface area contributed by atoms with Gasteiger partial charge >= 0.3 is 0 Å². The molecule has 1 nitrogen and oxygen atoms in total. The Bertz CT molecular complexity index is 178. The molecule has 84 valence electrons. The van der Waals surface area contributed by atoms with E-state index in [1.54, 1.807) is 0 Å². The molecule has 0 atom stereocenters. The molecule has 0 saturated heterocycles. The summed E-state index contributed by atoms with van der Waals surface area (Å²) in [6, 6.07) is 0. The maximum absolute atomic E-state index is 12.9. The summed E-state index contributed by atoms with van der Waals surface area (Å²) in [4.78, 5) is 0. The SMILES string of the molecule is CCC(O)(CC)C1CCC(F)(F)CC1. The van der Waals surface area contributed by atoms with Crippen molar-refractivity contribution in [3.05, 3.63) is 0 Å². The standard InChI is InChI=1S/C11H20F2O/c1-3-10(14,4-2)9-5-7-11(12,13)8-6-9/h9,14H,3-8H2,1-2H3.